The summed E-state index contributed by atoms with van der Waals surface area (Å²) in [7, 11) is 0. The molecule has 0 radical (unpaired) electrons. The number of aryl methyl sites for hydroxylation is 2. The zero-order chi connectivity index (χ0) is 33.1. The summed E-state index contributed by atoms with van der Waals surface area (Å²) in [6, 6.07) is 12.9. The van der Waals surface area contributed by atoms with E-state index in [1.165, 1.54) is 21.7 Å². The lowest BCUT2D eigenvalue weighted by Crippen LogP contribution is -2.40. The first-order chi connectivity index (χ1) is 22.2. The predicted octanol–water partition coefficient (Wildman–Crippen LogP) is 7.04. The highest BCUT2D eigenvalue weighted by Gasteiger charge is 2.48. The van der Waals surface area contributed by atoms with Gasteiger partial charge in [-0.1, -0.05) is 78.1 Å². The summed E-state index contributed by atoms with van der Waals surface area (Å²) >= 11 is 0. The van der Waals surface area contributed by atoms with E-state index in [0.717, 1.165) is 99.0 Å². The molecule has 2 fully saturated rings. The molecule has 0 saturated heterocycles. The van der Waals surface area contributed by atoms with Gasteiger partial charge in [0.2, 0.25) is 0 Å². The van der Waals surface area contributed by atoms with Gasteiger partial charge in [-0.05, 0) is 103 Å². The van der Waals surface area contributed by atoms with Crippen LogP contribution in [0.25, 0.3) is 5.70 Å². The smallest absolute Gasteiger partial charge is 0.268 e. The molecule has 2 saturated carbocycles. The van der Waals surface area contributed by atoms with E-state index < -0.39 is 0 Å². The maximum Gasteiger partial charge on any atom is 0.268 e. The van der Waals surface area contributed by atoms with Crippen LogP contribution in [-0.4, -0.2) is 35.4 Å². The summed E-state index contributed by atoms with van der Waals surface area (Å²) < 4.78 is 0. The Morgan fingerprint density at radius 3 is 2.37 bits per heavy atom. The number of carbonyl (C=O) groups excluding carboxylic acids is 1. The van der Waals surface area contributed by atoms with E-state index in [-0.39, 0.29) is 23.5 Å². The van der Waals surface area contributed by atoms with Crippen molar-refractivity contribution in [2.45, 2.75) is 123 Å². The molecule has 1 amide bonds. The molecule has 0 spiro atoms. The first-order valence-corrected chi connectivity index (χ1v) is 17.7. The number of hydrogen-bond acceptors (Lipinski definition) is 6. The van der Waals surface area contributed by atoms with Gasteiger partial charge in [0.1, 0.15) is 6.17 Å². The summed E-state index contributed by atoms with van der Waals surface area (Å²) in [5, 5.41) is 8.63. The Balaban J connectivity index is 1.41. The van der Waals surface area contributed by atoms with Gasteiger partial charge in [0.15, 0.2) is 0 Å². The number of carbonyl (C=O) groups is 1. The zero-order valence-electron chi connectivity index (χ0n) is 29.0. The molecule has 2 aliphatic carbocycles. The minimum atomic E-state index is -0.202. The number of aliphatic imine (C=N–C) groups is 1. The maximum atomic E-state index is 12.9. The SMILES string of the molecule is CCc1cccc(C2(C(N)=CC(=NCCC(CC)(CC)CC)C3NC=C(c4ccc(C(=O)N(N)C5CC5)c(C)c4)N3)CC2)c1CC. The van der Waals surface area contributed by atoms with Crippen molar-refractivity contribution in [3.63, 3.8) is 0 Å². The standard InChI is InChI=1S/C39H56N6O/c1-7-27-13-12-14-32(30(27)8-2)39(19-20-39)35(40)24-33(42-22-21-38(9-3,10-4)11-5)36-43-25-34(44-36)28-15-18-31(26(6)23-28)37(46)45(41)29-16-17-29/h12-15,18,23-25,29,36,43-44H,7-11,16-17,19-22,40-41H2,1-6H3. The van der Waals surface area contributed by atoms with Crippen molar-refractivity contribution in [3.8, 4) is 0 Å². The van der Waals surface area contributed by atoms with Crippen molar-refractivity contribution < 1.29 is 4.79 Å². The van der Waals surface area contributed by atoms with E-state index in [1.54, 1.807) is 0 Å². The molecule has 1 unspecified atom stereocenters. The summed E-state index contributed by atoms with van der Waals surface area (Å²) in [6.07, 6.45) is 14.6. The Labute approximate surface area is 277 Å². The van der Waals surface area contributed by atoms with Crippen LogP contribution < -0.4 is 22.2 Å². The van der Waals surface area contributed by atoms with Crippen molar-refractivity contribution in [3.05, 3.63) is 87.8 Å². The molecule has 3 aliphatic rings. The number of rotatable bonds is 15. The summed E-state index contributed by atoms with van der Waals surface area (Å²) in [4.78, 5) is 18.2. The number of hydrazine groups is 1. The molecule has 7 nitrogen and oxygen atoms in total. The molecular formula is C39H56N6O. The normalized spacial score (nSPS) is 19.4. The Kier molecular flexibility index (Phi) is 10.3. The Morgan fingerprint density at radius 2 is 1.78 bits per heavy atom. The van der Waals surface area contributed by atoms with E-state index >= 15 is 0 Å². The molecule has 0 aromatic heterocycles. The van der Waals surface area contributed by atoms with E-state index in [0.29, 0.717) is 11.0 Å². The van der Waals surface area contributed by atoms with Crippen LogP contribution >= 0.6 is 0 Å². The third-order valence-corrected chi connectivity index (χ3v) is 11.2. The highest BCUT2D eigenvalue weighted by Crippen LogP contribution is 2.53. The van der Waals surface area contributed by atoms with E-state index in [2.05, 4.69) is 75.6 Å². The monoisotopic (exact) mass is 624 g/mol. The molecule has 1 aliphatic heterocycles. The maximum absolute atomic E-state index is 12.9. The summed E-state index contributed by atoms with van der Waals surface area (Å²) in [5.41, 5.74) is 16.9. The highest BCUT2D eigenvalue weighted by atomic mass is 16.2. The molecule has 7 heteroatoms. The third-order valence-electron chi connectivity index (χ3n) is 11.2. The average molecular weight is 625 g/mol. The molecule has 5 rings (SSSR count). The molecule has 2 aromatic rings. The van der Waals surface area contributed by atoms with E-state index in [9.17, 15) is 4.79 Å². The van der Waals surface area contributed by atoms with Crippen LogP contribution in [0.4, 0.5) is 0 Å². The van der Waals surface area contributed by atoms with E-state index in [4.69, 9.17) is 16.6 Å². The Morgan fingerprint density at radius 1 is 1.07 bits per heavy atom. The van der Waals surface area contributed by atoms with Crippen molar-refractivity contribution in [1.29, 1.82) is 0 Å². The minimum absolute atomic E-state index is 0.113. The van der Waals surface area contributed by atoms with Gasteiger partial charge in [0, 0.05) is 35.5 Å². The predicted molar refractivity (Wildman–Crippen MR) is 191 cm³/mol. The molecule has 2 aromatic carbocycles. The van der Waals surface area contributed by atoms with Crippen LogP contribution in [0.5, 0.6) is 0 Å². The van der Waals surface area contributed by atoms with Crippen molar-refractivity contribution >= 4 is 17.3 Å². The number of hydrogen-bond donors (Lipinski definition) is 4. The molecule has 248 valence electrons. The van der Waals surface area contributed by atoms with Crippen LogP contribution in [0, 0.1) is 12.3 Å². The molecule has 0 bridgehead atoms. The Hall–Kier alpha value is -3.58. The van der Waals surface area contributed by atoms with Gasteiger partial charge in [0.05, 0.1) is 11.4 Å². The summed E-state index contributed by atoms with van der Waals surface area (Å²) in [6.45, 7) is 14.1. The van der Waals surface area contributed by atoms with Gasteiger partial charge in [-0.15, -0.1) is 0 Å². The summed E-state index contributed by atoms with van der Waals surface area (Å²) in [5.74, 6) is 5.98. The van der Waals surface area contributed by atoms with Crippen LogP contribution in [0.15, 0.2) is 59.4 Å². The molecule has 6 N–H and O–H groups in total. The van der Waals surface area contributed by atoms with E-state index in [1.807, 2.05) is 25.3 Å². The van der Waals surface area contributed by atoms with Crippen molar-refractivity contribution in [2.75, 3.05) is 6.54 Å². The topological polar surface area (TPSA) is 109 Å². The number of nitrogens with zero attached hydrogens (tertiary/aromatic N) is 2. The second kappa shape index (κ2) is 14.0. The van der Waals surface area contributed by atoms with Gasteiger partial charge >= 0.3 is 0 Å². The van der Waals surface area contributed by atoms with Gasteiger partial charge < -0.3 is 16.4 Å². The number of allylic oxidation sites excluding steroid dienone is 1. The molecule has 1 heterocycles. The lowest BCUT2D eigenvalue weighted by atomic mass is 9.77. The Bertz CT molecular complexity index is 1500. The number of nitrogens with one attached hydrogen (secondary N) is 2. The minimum Gasteiger partial charge on any atom is -0.401 e. The fraction of sp³-hybridized carbons (Fsp3) is 0.538. The van der Waals surface area contributed by atoms with Crippen LogP contribution in [-0.2, 0) is 18.3 Å². The van der Waals surface area contributed by atoms with Crippen LogP contribution in [0.3, 0.4) is 0 Å². The lowest BCUT2D eigenvalue weighted by molar-refractivity contribution is 0.0742. The van der Waals surface area contributed by atoms with Crippen LogP contribution in [0.2, 0.25) is 0 Å². The van der Waals surface area contributed by atoms with Gasteiger partial charge in [-0.25, -0.2) is 5.84 Å². The highest BCUT2D eigenvalue weighted by molar-refractivity contribution is 6.01. The first kappa shape index (κ1) is 33.8. The lowest BCUT2D eigenvalue weighted by Gasteiger charge is -2.30. The third kappa shape index (κ3) is 6.76. The number of benzene rings is 2. The first-order valence-electron chi connectivity index (χ1n) is 17.7. The number of nitrogens with two attached hydrogens (primary N) is 2. The van der Waals surface area contributed by atoms with Gasteiger partial charge in [-0.2, -0.15) is 0 Å². The van der Waals surface area contributed by atoms with Gasteiger partial charge in [-0.3, -0.25) is 14.8 Å². The fourth-order valence-corrected chi connectivity index (χ4v) is 7.35. The fourth-order valence-electron chi connectivity index (χ4n) is 7.35. The second-order valence-electron chi connectivity index (χ2n) is 13.7. The van der Waals surface area contributed by atoms with Gasteiger partial charge in [0.25, 0.3) is 5.91 Å². The molecular weight excluding hydrogens is 568 g/mol. The number of amides is 1. The van der Waals surface area contributed by atoms with Crippen molar-refractivity contribution in [2.24, 2.45) is 22.0 Å². The second-order valence-corrected chi connectivity index (χ2v) is 13.7. The van der Waals surface area contributed by atoms with Crippen LogP contribution in [0.1, 0.15) is 124 Å². The molecule has 46 heavy (non-hydrogen) atoms. The molecule has 1 atom stereocenters. The largest absolute Gasteiger partial charge is 0.401 e. The zero-order valence-corrected chi connectivity index (χ0v) is 29.0. The van der Waals surface area contributed by atoms with Crippen molar-refractivity contribution in [1.82, 2.24) is 15.6 Å². The average Bonchev–Trinajstić information content (AvgIpc) is 4.02. The quantitative estimate of drug-likeness (QED) is 0.0736.